The molecule has 2 aliphatic carbocycles. The van der Waals surface area contributed by atoms with Crippen LogP contribution in [0.1, 0.15) is 77.0 Å². The van der Waals surface area contributed by atoms with Crippen LogP contribution in [0.2, 0.25) is 0 Å². The maximum atomic E-state index is 10.5. The lowest BCUT2D eigenvalue weighted by atomic mass is 9.51. The third-order valence-corrected chi connectivity index (χ3v) is 6.47. The van der Waals surface area contributed by atoms with E-state index in [9.17, 15) is 5.11 Å². The van der Waals surface area contributed by atoms with Crippen LogP contribution in [0.15, 0.2) is 18.2 Å². The van der Waals surface area contributed by atoms with Crippen molar-refractivity contribution in [2.45, 2.75) is 71.8 Å². The topological polar surface area (TPSA) is 29.5 Å². The minimum atomic E-state index is -0.233. The molecule has 0 saturated heterocycles. The normalized spacial score (nSPS) is 30.8. The van der Waals surface area contributed by atoms with Crippen molar-refractivity contribution in [2.75, 3.05) is 6.61 Å². The van der Waals surface area contributed by atoms with Crippen molar-refractivity contribution in [3.63, 3.8) is 0 Å². The van der Waals surface area contributed by atoms with Crippen LogP contribution in [-0.2, 0) is 5.41 Å². The zero-order valence-electron chi connectivity index (χ0n) is 16.0. The second-order valence-electron chi connectivity index (χ2n) is 8.70. The Hall–Kier alpha value is -1.28. The van der Waals surface area contributed by atoms with E-state index in [1.807, 2.05) is 6.92 Å². The first-order valence-electron chi connectivity index (χ1n) is 9.39. The van der Waals surface area contributed by atoms with E-state index in [1.54, 1.807) is 0 Å². The summed E-state index contributed by atoms with van der Waals surface area (Å²) in [7, 11) is 0. The lowest BCUT2D eigenvalue weighted by molar-refractivity contribution is -0.0483. The zero-order valence-corrected chi connectivity index (χ0v) is 16.0. The van der Waals surface area contributed by atoms with Crippen molar-refractivity contribution < 1.29 is 9.84 Å². The van der Waals surface area contributed by atoms with Crippen molar-refractivity contribution in [1.29, 1.82) is 0 Å². The average Bonchev–Trinajstić information content (AvgIpc) is 2.51. The number of ether oxygens (including phenoxy) is 1. The minimum absolute atomic E-state index is 0.0637. The monoisotopic (exact) mass is 328 g/mol. The van der Waals surface area contributed by atoms with Gasteiger partial charge in [0.15, 0.2) is 0 Å². The highest BCUT2D eigenvalue weighted by Gasteiger charge is 2.52. The van der Waals surface area contributed by atoms with Gasteiger partial charge in [0.25, 0.3) is 0 Å². The van der Waals surface area contributed by atoms with Crippen LogP contribution in [-0.4, -0.2) is 17.8 Å². The Morgan fingerprint density at radius 3 is 2.58 bits per heavy atom. The lowest BCUT2D eigenvalue weighted by Gasteiger charge is -2.54. The Labute approximate surface area is 146 Å². The molecule has 1 aromatic carbocycles. The Morgan fingerprint density at radius 2 is 1.96 bits per heavy atom. The fourth-order valence-electron chi connectivity index (χ4n) is 4.93. The predicted molar refractivity (Wildman–Crippen MR) is 101 cm³/mol. The molecule has 0 spiro atoms. The molecule has 3 atom stereocenters. The summed E-state index contributed by atoms with van der Waals surface area (Å²) in [6.45, 7) is 14.0. The summed E-state index contributed by atoms with van der Waals surface area (Å²) in [6.07, 6.45) is 6.26. The maximum absolute atomic E-state index is 10.5. The van der Waals surface area contributed by atoms with E-state index in [0.29, 0.717) is 18.4 Å². The summed E-state index contributed by atoms with van der Waals surface area (Å²) in [5.41, 5.74) is 3.96. The van der Waals surface area contributed by atoms with Crippen molar-refractivity contribution >= 4 is 6.08 Å². The predicted octanol–water partition coefficient (Wildman–Crippen LogP) is 5.29. The first kappa shape index (κ1) is 17.5. The highest BCUT2D eigenvalue weighted by Crippen LogP contribution is 2.56. The van der Waals surface area contributed by atoms with Gasteiger partial charge in [0.05, 0.1) is 12.7 Å². The van der Waals surface area contributed by atoms with Crippen LogP contribution in [0.4, 0.5) is 0 Å². The Bertz CT molecular complexity index is 656. The van der Waals surface area contributed by atoms with Gasteiger partial charge >= 0.3 is 0 Å². The number of hydrogen-bond acceptors (Lipinski definition) is 2. The van der Waals surface area contributed by atoms with E-state index in [0.717, 1.165) is 18.6 Å². The molecule has 24 heavy (non-hydrogen) atoms. The maximum Gasteiger partial charge on any atom is 0.123 e. The van der Waals surface area contributed by atoms with Crippen LogP contribution >= 0.6 is 0 Å². The largest absolute Gasteiger partial charge is 0.494 e. The molecule has 1 unspecified atom stereocenters. The van der Waals surface area contributed by atoms with Crippen molar-refractivity contribution in [3.8, 4) is 5.75 Å². The van der Waals surface area contributed by atoms with Gasteiger partial charge in [0.1, 0.15) is 5.75 Å². The molecular weight excluding hydrogens is 296 g/mol. The van der Waals surface area contributed by atoms with Gasteiger partial charge in [-0.05, 0) is 65.8 Å². The van der Waals surface area contributed by atoms with Gasteiger partial charge in [-0.25, -0.2) is 0 Å². The van der Waals surface area contributed by atoms with Gasteiger partial charge < -0.3 is 9.84 Å². The van der Waals surface area contributed by atoms with E-state index in [2.05, 4.69) is 58.9 Å². The van der Waals surface area contributed by atoms with Crippen LogP contribution in [0.5, 0.6) is 5.75 Å². The molecule has 1 N–H and O–H groups in total. The van der Waals surface area contributed by atoms with Crippen LogP contribution < -0.4 is 4.74 Å². The highest BCUT2D eigenvalue weighted by atomic mass is 16.5. The standard InChI is InChI=1S/C22H32O2/c1-7-24-18-13-17-15(12-16(18)14(2)3)8-9-19-21(4,5)20(23)10-11-22(17,19)6/h8-9,12-14,19-20,23H,7,10-11H2,1-6H3/t19?,20-,22+/m0/s1. The molecule has 1 aromatic rings. The SMILES string of the molecule is CCOc1cc2c(cc1C(C)C)C=CC1C(C)(C)[C@@H](O)CC[C@]21C. The Kier molecular flexibility index (Phi) is 4.32. The second kappa shape index (κ2) is 5.91. The number of aliphatic hydroxyl groups is 1. The first-order valence-corrected chi connectivity index (χ1v) is 9.39. The van der Waals surface area contributed by atoms with E-state index >= 15 is 0 Å². The molecule has 0 aliphatic heterocycles. The molecule has 1 saturated carbocycles. The number of fused-ring (bicyclic) bond motifs is 3. The van der Waals surface area contributed by atoms with Crippen LogP contribution in [0.25, 0.3) is 6.08 Å². The summed E-state index contributed by atoms with van der Waals surface area (Å²) in [4.78, 5) is 0. The molecule has 2 heteroatoms. The molecule has 3 rings (SSSR count). The lowest BCUT2D eigenvalue weighted by Crippen LogP contribution is -2.52. The van der Waals surface area contributed by atoms with Crippen molar-refractivity contribution in [2.24, 2.45) is 11.3 Å². The molecule has 2 aliphatic rings. The number of allylic oxidation sites excluding steroid dienone is 1. The van der Waals surface area contributed by atoms with Gasteiger partial charge in [0, 0.05) is 5.41 Å². The van der Waals surface area contributed by atoms with E-state index in [-0.39, 0.29) is 16.9 Å². The van der Waals surface area contributed by atoms with Gasteiger partial charge in [-0.1, -0.05) is 46.8 Å². The number of rotatable bonds is 3. The second-order valence-corrected chi connectivity index (χ2v) is 8.70. The third-order valence-electron chi connectivity index (χ3n) is 6.47. The molecule has 2 nitrogen and oxygen atoms in total. The summed E-state index contributed by atoms with van der Waals surface area (Å²) < 4.78 is 5.99. The van der Waals surface area contributed by atoms with Gasteiger partial charge in [-0.15, -0.1) is 0 Å². The van der Waals surface area contributed by atoms with E-state index in [4.69, 9.17) is 4.74 Å². The summed E-state index contributed by atoms with van der Waals surface area (Å²) in [5.74, 6) is 1.83. The highest BCUT2D eigenvalue weighted by molar-refractivity contribution is 5.64. The average molecular weight is 328 g/mol. The smallest absolute Gasteiger partial charge is 0.123 e. The molecule has 132 valence electrons. The minimum Gasteiger partial charge on any atom is -0.494 e. The summed E-state index contributed by atoms with van der Waals surface area (Å²) in [5, 5.41) is 10.5. The molecule has 0 bridgehead atoms. The van der Waals surface area contributed by atoms with E-state index in [1.165, 1.54) is 16.7 Å². The van der Waals surface area contributed by atoms with Gasteiger partial charge in [0.2, 0.25) is 0 Å². The van der Waals surface area contributed by atoms with Crippen LogP contribution in [0.3, 0.4) is 0 Å². The van der Waals surface area contributed by atoms with Gasteiger partial charge in [-0.3, -0.25) is 0 Å². The van der Waals surface area contributed by atoms with Crippen molar-refractivity contribution in [3.05, 3.63) is 34.9 Å². The number of benzene rings is 1. The number of hydrogen-bond donors (Lipinski definition) is 1. The van der Waals surface area contributed by atoms with E-state index < -0.39 is 0 Å². The summed E-state index contributed by atoms with van der Waals surface area (Å²) >= 11 is 0. The molecule has 1 fully saturated rings. The fourth-order valence-corrected chi connectivity index (χ4v) is 4.93. The molecule has 0 aromatic heterocycles. The Morgan fingerprint density at radius 1 is 1.25 bits per heavy atom. The molecule has 0 amide bonds. The molecule has 0 heterocycles. The van der Waals surface area contributed by atoms with Crippen LogP contribution in [0, 0.1) is 11.3 Å². The molecule has 0 radical (unpaired) electrons. The molecular formula is C22H32O2. The quantitative estimate of drug-likeness (QED) is 0.817. The Balaban J connectivity index is 2.16. The van der Waals surface area contributed by atoms with Gasteiger partial charge in [-0.2, -0.15) is 0 Å². The van der Waals surface area contributed by atoms with Crippen molar-refractivity contribution in [1.82, 2.24) is 0 Å². The summed E-state index contributed by atoms with van der Waals surface area (Å²) in [6, 6.07) is 4.61. The zero-order chi connectivity index (χ0) is 17.7. The fraction of sp³-hybridized carbons (Fsp3) is 0.636. The number of aliphatic hydroxyl groups excluding tert-OH is 1. The third kappa shape index (κ3) is 2.50. The first-order chi connectivity index (χ1) is 11.2.